The average molecular weight is 253 g/mol. The molecule has 1 saturated carbocycles. The molecule has 1 heterocycles. The van der Waals surface area contributed by atoms with Crippen molar-refractivity contribution in [3.63, 3.8) is 0 Å². The highest BCUT2D eigenvalue weighted by atomic mass is 32.1. The molecule has 0 amide bonds. The molecule has 2 rings (SSSR count). The number of thiophene rings is 1. The molecule has 17 heavy (non-hydrogen) atoms. The Morgan fingerprint density at radius 2 is 2.24 bits per heavy atom. The van der Waals surface area contributed by atoms with Gasteiger partial charge in [0.2, 0.25) is 0 Å². The number of aliphatic carboxylic acids is 1. The maximum absolute atomic E-state index is 10.6. The lowest BCUT2D eigenvalue weighted by atomic mass is 10.1. The minimum atomic E-state index is -0.756. The molecular weight excluding hydrogens is 234 g/mol. The Balaban J connectivity index is 1.71. The fourth-order valence-corrected chi connectivity index (χ4v) is 3.00. The van der Waals surface area contributed by atoms with Crippen LogP contribution < -0.4 is 5.32 Å². The summed E-state index contributed by atoms with van der Waals surface area (Å²) in [5, 5.41) is 12.1. The molecule has 0 aliphatic heterocycles. The van der Waals surface area contributed by atoms with Gasteiger partial charge in [-0.1, -0.05) is 6.92 Å². The number of hydrogen-bond donors (Lipinski definition) is 2. The highest BCUT2D eigenvalue weighted by molar-refractivity contribution is 7.12. The van der Waals surface area contributed by atoms with E-state index in [1.54, 1.807) is 11.3 Å². The standard InChI is InChI=1S/C13H19NO2S/c1-9(10-2-3-10)7-14-8-12-5-4-11(17-12)6-13(15)16/h4-5,9-10,14H,2-3,6-8H2,1H3,(H,15,16). The molecule has 4 heteroatoms. The van der Waals surface area contributed by atoms with Crippen molar-refractivity contribution in [2.45, 2.75) is 32.7 Å². The molecule has 2 N–H and O–H groups in total. The van der Waals surface area contributed by atoms with E-state index < -0.39 is 5.97 Å². The van der Waals surface area contributed by atoms with Gasteiger partial charge in [-0.2, -0.15) is 0 Å². The zero-order valence-electron chi connectivity index (χ0n) is 10.1. The predicted molar refractivity (Wildman–Crippen MR) is 69.3 cm³/mol. The van der Waals surface area contributed by atoms with Gasteiger partial charge in [-0.05, 0) is 43.4 Å². The molecule has 1 unspecified atom stereocenters. The van der Waals surface area contributed by atoms with Crippen molar-refractivity contribution < 1.29 is 9.90 Å². The first-order chi connectivity index (χ1) is 8.15. The second kappa shape index (κ2) is 5.65. The zero-order chi connectivity index (χ0) is 12.3. The van der Waals surface area contributed by atoms with Gasteiger partial charge < -0.3 is 10.4 Å². The molecule has 1 aromatic heterocycles. The van der Waals surface area contributed by atoms with E-state index in [1.807, 2.05) is 12.1 Å². The first kappa shape index (κ1) is 12.6. The lowest BCUT2D eigenvalue weighted by Gasteiger charge is -2.10. The maximum Gasteiger partial charge on any atom is 0.308 e. The first-order valence-electron chi connectivity index (χ1n) is 6.15. The van der Waals surface area contributed by atoms with Crippen LogP contribution in [0.5, 0.6) is 0 Å². The maximum atomic E-state index is 10.6. The van der Waals surface area contributed by atoms with Crippen molar-refractivity contribution in [3.05, 3.63) is 21.9 Å². The second-order valence-electron chi connectivity index (χ2n) is 4.88. The van der Waals surface area contributed by atoms with E-state index in [9.17, 15) is 4.79 Å². The summed E-state index contributed by atoms with van der Waals surface area (Å²) in [5.41, 5.74) is 0. The highest BCUT2D eigenvalue weighted by Crippen LogP contribution is 2.36. The summed E-state index contributed by atoms with van der Waals surface area (Å²) in [5.74, 6) is 0.954. The molecule has 1 aromatic rings. The van der Waals surface area contributed by atoms with E-state index in [0.29, 0.717) is 0 Å². The van der Waals surface area contributed by atoms with Crippen molar-refractivity contribution in [1.82, 2.24) is 5.32 Å². The van der Waals surface area contributed by atoms with Gasteiger partial charge >= 0.3 is 5.97 Å². The topological polar surface area (TPSA) is 49.3 Å². The van der Waals surface area contributed by atoms with E-state index >= 15 is 0 Å². The summed E-state index contributed by atoms with van der Waals surface area (Å²) in [7, 11) is 0. The van der Waals surface area contributed by atoms with E-state index in [-0.39, 0.29) is 6.42 Å². The summed E-state index contributed by atoms with van der Waals surface area (Å²) >= 11 is 1.59. The van der Waals surface area contributed by atoms with Gasteiger partial charge in [-0.3, -0.25) is 4.79 Å². The van der Waals surface area contributed by atoms with Crippen LogP contribution in [-0.4, -0.2) is 17.6 Å². The number of carbonyl (C=O) groups is 1. The molecule has 0 radical (unpaired) electrons. The fraction of sp³-hybridized carbons (Fsp3) is 0.615. The molecule has 3 nitrogen and oxygen atoms in total. The SMILES string of the molecule is CC(CNCc1ccc(CC(=O)O)s1)C1CC1. The first-order valence-corrected chi connectivity index (χ1v) is 6.97. The molecule has 1 atom stereocenters. The summed E-state index contributed by atoms with van der Waals surface area (Å²) in [4.78, 5) is 12.7. The van der Waals surface area contributed by atoms with Gasteiger partial charge in [0.25, 0.3) is 0 Å². The van der Waals surface area contributed by atoms with Crippen LogP contribution in [0.3, 0.4) is 0 Å². The Bertz CT molecular complexity index is 385. The van der Waals surface area contributed by atoms with Gasteiger partial charge in [0.15, 0.2) is 0 Å². The summed E-state index contributed by atoms with van der Waals surface area (Å²) in [6.07, 6.45) is 2.93. The Kier molecular flexibility index (Phi) is 4.18. The largest absolute Gasteiger partial charge is 0.481 e. The van der Waals surface area contributed by atoms with Crippen LogP contribution in [0.2, 0.25) is 0 Å². The molecule has 1 aliphatic carbocycles. The van der Waals surface area contributed by atoms with Crippen LogP contribution in [0.1, 0.15) is 29.5 Å². The van der Waals surface area contributed by atoms with Gasteiger partial charge in [0.05, 0.1) is 6.42 Å². The van der Waals surface area contributed by atoms with Crippen molar-refractivity contribution in [1.29, 1.82) is 0 Å². The third kappa shape index (κ3) is 4.13. The Morgan fingerprint density at radius 1 is 1.53 bits per heavy atom. The number of nitrogens with one attached hydrogen (secondary N) is 1. The molecule has 1 aliphatic rings. The smallest absolute Gasteiger partial charge is 0.308 e. The number of hydrogen-bond acceptors (Lipinski definition) is 3. The Labute approximate surface area is 106 Å². The van der Waals surface area contributed by atoms with Gasteiger partial charge in [-0.25, -0.2) is 0 Å². The highest BCUT2D eigenvalue weighted by Gasteiger charge is 2.27. The molecular formula is C13H19NO2S. The molecule has 94 valence electrons. The fourth-order valence-electron chi connectivity index (χ4n) is 2.02. The second-order valence-corrected chi connectivity index (χ2v) is 6.14. The van der Waals surface area contributed by atoms with Crippen LogP contribution in [0.15, 0.2) is 12.1 Å². The Morgan fingerprint density at radius 3 is 2.88 bits per heavy atom. The van der Waals surface area contributed by atoms with E-state index in [1.165, 1.54) is 17.7 Å². The quantitative estimate of drug-likeness (QED) is 0.785. The predicted octanol–water partition coefficient (Wildman–Crippen LogP) is 2.51. The van der Waals surface area contributed by atoms with E-state index in [2.05, 4.69) is 12.2 Å². The van der Waals surface area contributed by atoms with Crippen molar-refractivity contribution in [3.8, 4) is 0 Å². The monoisotopic (exact) mass is 253 g/mol. The van der Waals surface area contributed by atoms with E-state index in [0.717, 1.165) is 29.8 Å². The van der Waals surface area contributed by atoms with Crippen molar-refractivity contribution in [2.24, 2.45) is 11.8 Å². The molecule has 0 spiro atoms. The average Bonchev–Trinajstić information content (AvgIpc) is 3.02. The minimum absolute atomic E-state index is 0.142. The van der Waals surface area contributed by atoms with Crippen LogP contribution in [0.4, 0.5) is 0 Å². The summed E-state index contributed by atoms with van der Waals surface area (Å²) < 4.78 is 0. The number of carboxylic acids is 1. The number of rotatable bonds is 7. The van der Waals surface area contributed by atoms with Crippen LogP contribution in [-0.2, 0) is 17.8 Å². The van der Waals surface area contributed by atoms with Crippen molar-refractivity contribution >= 4 is 17.3 Å². The molecule has 1 fully saturated rings. The molecule has 0 bridgehead atoms. The lowest BCUT2D eigenvalue weighted by molar-refractivity contribution is -0.136. The molecule has 0 aromatic carbocycles. The van der Waals surface area contributed by atoms with Gasteiger partial charge in [0, 0.05) is 16.3 Å². The summed E-state index contributed by atoms with van der Waals surface area (Å²) in [6, 6.07) is 3.94. The third-order valence-electron chi connectivity index (χ3n) is 3.24. The Hall–Kier alpha value is -0.870. The molecule has 0 saturated heterocycles. The summed E-state index contributed by atoms with van der Waals surface area (Å²) in [6.45, 7) is 4.23. The number of carboxylic acid groups (broad SMARTS) is 1. The minimum Gasteiger partial charge on any atom is -0.481 e. The van der Waals surface area contributed by atoms with Crippen LogP contribution in [0, 0.1) is 11.8 Å². The van der Waals surface area contributed by atoms with Crippen LogP contribution >= 0.6 is 11.3 Å². The van der Waals surface area contributed by atoms with Gasteiger partial charge in [-0.15, -0.1) is 11.3 Å². The van der Waals surface area contributed by atoms with Crippen LogP contribution in [0.25, 0.3) is 0 Å². The van der Waals surface area contributed by atoms with Gasteiger partial charge in [0.1, 0.15) is 0 Å². The van der Waals surface area contributed by atoms with Crippen molar-refractivity contribution in [2.75, 3.05) is 6.54 Å². The normalized spacial score (nSPS) is 17.0. The van der Waals surface area contributed by atoms with E-state index in [4.69, 9.17) is 5.11 Å². The lowest BCUT2D eigenvalue weighted by Crippen LogP contribution is -2.21. The third-order valence-corrected chi connectivity index (χ3v) is 4.32. The zero-order valence-corrected chi connectivity index (χ0v) is 10.9.